The number of rotatable bonds is 9. The van der Waals surface area contributed by atoms with Gasteiger partial charge in [-0.25, -0.2) is 14.6 Å². The summed E-state index contributed by atoms with van der Waals surface area (Å²) in [6.07, 6.45) is 1.47. The highest BCUT2D eigenvalue weighted by Crippen LogP contribution is 2.23. The minimum Gasteiger partial charge on any atom is -0.497 e. The number of pyridine rings is 1. The number of carbonyl (C=O) groups is 2. The van der Waals surface area contributed by atoms with Gasteiger partial charge in [0.2, 0.25) is 5.76 Å². The molecule has 1 aromatic heterocycles. The van der Waals surface area contributed by atoms with Crippen molar-refractivity contribution in [3.05, 3.63) is 78.1 Å². The quantitative estimate of drug-likeness (QED) is 0.332. The lowest BCUT2D eigenvalue weighted by atomic mass is 10.1. The normalized spacial score (nSPS) is 11.0. The number of ether oxygens (including phenoxy) is 2. The van der Waals surface area contributed by atoms with Crippen LogP contribution in [-0.2, 0) is 9.53 Å². The van der Waals surface area contributed by atoms with Crippen LogP contribution in [0.15, 0.2) is 72.5 Å². The molecule has 0 aliphatic heterocycles. The third-order valence-electron chi connectivity index (χ3n) is 4.93. The summed E-state index contributed by atoms with van der Waals surface area (Å²) >= 11 is 0. The van der Waals surface area contributed by atoms with Crippen LogP contribution in [0, 0.1) is 0 Å². The number of amides is 2. The molecule has 0 radical (unpaired) electrons. The fourth-order valence-electron chi connectivity index (χ4n) is 3.23. The van der Waals surface area contributed by atoms with E-state index in [0.29, 0.717) is 35.1 Å². The van der Waals surface area contributed by atoms with Crippen LogP contribution < -0.4 is 15.0 Å². The van der Waals surface area contributed by atoms with Crippen molar-refractivity contribution in [2.24, 2.45) is 0 Å². The lowest BCUT2D eigenvalue weighted by molar-refractivity contribution is -0.136. The van der Waals surface area contributed by atoms with Gasteiger partial charge >= 0.3 is 12.0 Å². The Morgan fingerprint density at radius 3 is 2.32 bits per heavy atom. The van der Waals surface area contributed by atoms with Gasteiger partial charge in [0.05, 0.1) is 19.4 Å². The average Bonchev–Trinajstić information content (AvgIpc) is 2.85. The number of aliphatic carboxylic acids is 1. The summed E-state index contributed by atoms with van der Waals surface area (Å²) in [4.78, 5) is 30.4. The van der Waals surface area contributed by atoms with E-state index in [2.05, 4.69) is 10.3 Å². The van der Waals surface area contributed by atoms with Crippen LogP contribution in [-0.4, -0.2) is 42.4 Å². The summed E-state index contributed by atoms with van der Waals surface area (Å²) in [6, 6.07) is 19.5. The van der Waals surface area contributed by atoms with E-state index in [9.17, 15) is 14.7 Å². The molecule has 2 aromatic carbocycles. The summed E-state index contributed by atoms with van der Waals surface area (Å²) in [7, 11) is 1.59. The van der Waals surface area contributed by atoms with Crippen molar-refractivity contribution in [3.8, 4) is 17.0 Å². The smallest absolute Gasteiger partial charge is 0.371 e. The Hall–Kier alpha value is -4.33. The molecule has 0 saturated heterocycles. The zero-order valence-corrected chi connectivity index (χ0v) is 19.3. The minimum atomic E-state index is -1.12. The molecule has 2 amide bonds. The Morgan fingerprint density at radius 1 is 1.03 bits per heavy atom. The lowest BCUT2D eigenvalue weighted by Gasteiger charge is -2.21. The number of urea groups is 1. The first kappa shape index (κ1) is 24.3. The van der Waals surface area contributed by atoms with Gasteiger partial charge < -0.3 is 19.9 Å². The van der Waals surface area contributed by atoms with Gasteiger partial charge in [-0.2, -0.15) is 0 Å². The molecule has 1 heterocycles. The first-order valence-corrected chi connectivity index (χ1v) is 10.8. The van der Waals surface area contributed by atoms with Gasteiger partial charge in [-0.15, -0.1) is 0 Å². The molecule has 2 N–H and O–H groups in total. The Kier molecular flexibility index (Phi) is 8.23. The molecule has 0 unspecified atom stereocenters. The van der Waals surface area contributed by atoms with Crippen LogP contribution in [0.3, 0.4) is 0 Å². The van der Waals surface area contributed by atoms with E-state index in [1.54, 1.807) is 61.4 Å². The Morgan fingerprint density at radius 2 is 1.74 bits per heavy atom. The molecule has 0 spiro atoms. The molecular formula is C26H27N3O5. The fraction of sp³-hybridized carbons (Fsp3) is 0.192. The van der Waals surface area contributed by atoms with Crippen molar-refractivity contribution in [2.45, 2.75) is 13.8 Å². The van der Waals surface area contributed by atoms with Gasteiger partial charge in [0.25, 0.3) is 0 Å². The molecule has 0 fully saturated rings. The molecule has 8 heteroatoms. The van der Waals surface area contributed by atoms with E-state index in [-0.39, 0.29) is 18.4 Å². The molecule has 34 heavy (non-hydrogen) atoms. The van der Waals surface area contributed by atoms with Gasteiger partial charge in [-0.1, -0.05) is 30.3 Å². The van der Waals surface area contributed by atoms with Crippen molar-refractivity contribution >= 4 is 29.6 Å². The topological polar surface area (TPSA) is 101 Å². The standard InChI is InChI=1S/C26H27N3O5/c1-4-29(26(32)27-20-13-15-21(33-3)16-14-20)24-8-6-7-22(28-24)19-11-9-18(10-12-19)17-23(25(30)31)34-5-2/h6-17H,4-5H2,1-3H3,(H,27,32)(H,30,31). The van der Waals surface area contributed by atoms with Gasteiger partial charge in [0.15, 0.2) is 0 Å². The van der Waals surface area contributed by atoms with Crippen molar-refractivity contribution in [1.82, 2.24) is 4.98 Å². The summed E-state index contributed by atoms with van der Waals surface area (Å²) in [5.74, 6) is -0.0116. The van der Waals surface area contributed by atoms with Crippen molar-refractivity contribution in [1.29, 1.82) is 0 Å². The predicted molar refractivity (Wildman–Crippen MR) is 132 cm³/mol. The van der Waals surface area contributed by atoms with E-state index in [1.165, 1.54) is 6.08 Å². The molecule has 8 nitrogen and oxygen atoms in total. The summed E-state index contributed by atoms with van der Waals surface area (Å²) in [5, 5.41) is 12.1. The number of methoxy groups -OCH3 is 1. The number of carboxylic acid groups (broad SMARTS) is 1. The number of aromatic nitrogens is 1. The first-order chi connectivity index (χ1) is 16.4. The second-order valence-electron chi connectivity index (χ2n) is 7.15. The predicted octanol–water partition coefficient (Wildman–Crippen LogP) is 5.28. The average molecular weight is 462 g/mol. The third kappa shape index (κ3) is 6.13. The van der Waals surface area contributed by atoms with Crippen molar-refractivity contribution in [2.75, 3.05) is 30.5 Å². The number of benzene rings is 2. The SMILES string of the molecule is CCOC(=Cc1ccc(-c2cccc(N(CC)C(=O)Nc3ccc(OC)cc3)n2)cc1)C(=O)O. The highest BCUT2D eigenvalue weighted by molar-refractivity contribution is 6.01. The molecule has 0 aliphatic rings. The third-order valence-corrected chi connectivity index (χ3v) is 4.93. The number of hydrogen-bond acceptors (Lipinski definition) is 5. The molecule has 0 saturated carbocycles. The molecular weight excluding hydrogens is 434 g/mol. The first-order valence-electron chi connectivity index (χ1n) is 10.8. The maximum atomic E-state index is 12.9. The lowest BCUT2D eigenvalue weighted by Crippen LogP contribution is -2.35. The van der Waals surface area contributed by atoms with Crippen LogP contribution in [0.2, 0.25) is 0 Å². The van der Waals surface area contributed by atoms with Crippen molar-refractivity contribution in [3.63, 3.8) is 0 Å². The second-order valence-corrected chi connectivity index (χ2v) is 7.15. The summed E-state index contributed by atoms with van der Waals surface area (Å²) in [5.41, 5.74) is 2.86. The Labute approximate surface area is 198 Å². The number of nitrogens with zero attached hydrogens (tertiary/aromatic N) is 2. The highest BCUT2D eigenvalue weighted by Gasteiger charge is 2.16. The molecule has 3 rings (SSSR count). The van der Waals surface area contributed by atoms with Gasteiger partial charge in [-0.05, 0) is 61.9 Å². The summed E-state index contributed by atoms with van der Waals surface area (Å²) < 4.78 is 10.3. The number of carboxylic acids is 1. The molecule has 0 atom stereocenters. The van der Waals surface area contributed by atoms with Crippen LogP contribution in [0.5, 0.6) is 5.75 Å². The number of nitrogens with one attached hydrogen (secondary N) is 1. The minimum absolute atomic E-state index is 0.114. The van der Waals surface area contributed by atoms with E-state index >= 15 is 0 Å². The zero-order valence-electron chi connectivity index (χ0n) is 19.3. The van der Waals surface area contributed by atoms with Crippen LogP contribution >= 0.6 is 0 Å². The molecule has 0 bridgehead atoms. The van der Waals surface area contributed by atoms with Gasteiger partial charge in [-0.3, -0.25) is 4.90 Å². The van der Waals surface area contributed by atoms with E-state index < -0.39 is 5.97 Å². The second kappa shape index (κ2) is 11.5. The number of hydrogen-bond donors (Lipinski definition) is 2. The monoisotopic (exact) mass is 461 g/mol. The number of anilines is 2. The Balaban J connectivity index is 1.79. The van der Waals surface area contributed by atoms with Crippen LogP contribution in [0.1, 0.15) is 19.4 Å². The van der Waals surface area contributed by atoms with E-state index in [1.807, 2.05) is 31.2 Å². The summed E-state index contributed by atoms with van der Waals surface area (Å²) in [6.45, 7) is 4.31. The zero-order chi connectivity index (χ0) is 24.5. The molecule has 176 valence electrons. The van der Waals surface area contributed by atoms with Gasteiger partial charge in [0, 0.05) is 17.8 Å². The maximum Gasteiger partial charge on any atom is 0.371 e. The largest absolute Gasteiger partial charge is 0.497 e. The highest BCUT2D eigenvalue weighted by atomic mass is 16.5. The maximum absolute atomic E-state index is 12.9. The van der Waals surface area contributed by atoms with Crippen LogP contribution in [0.4, 0.5) is 16.3 Å². The molecule has 3 aromatic rings. The van der Waals surface area contributed by atoms with E-state index in [4.69, 9.17) is 9.47 Å². The van der Waals surface area contributed by atoms with Crippen molar-refractivity contribution < 1.29 is 24.2 Å². The van der Waals surface area contributed by atoms with Gasteiger partial charge in [0.1, 0.15) is 11.6 Å². The number of carbonyl (C=O) groups excluding carboxylic acids is 1. The van der Waals surface area contributed by atoms with E-state index in [0.717, 1.165) is 5.56 Å². The molecule has 0 aliphatic carbocycles. The fourth-order valence-corrected chi connectivity index (χ4v) is 3.23. The Bertz CT molecular complexity index is 1160. The van der Waals surface area contributed by atoms with Crippen LogP contribution in [0.25, 0.3) is 17.3 Å².